The van der Waals surface area contributed by atoms with Gasteiger partial charge in [-0.05, 0) is 40.6 Å². The van der Waals surface area contributed by atoms with Crippen LogP contribution in [0.5, 0.6) is 0 Å². The Bertz CT molecular complexity index is 996. The smallest absolute Gasteiger partial charge is 0.255 e. The van der Waals surface area contributed by atoms with Gasteiger partial charge in [0.2, 0.25) is 10.0 Å². The van der Waals surface area contributed by atoms with E-state index in [2.05, 4.69) is 5.32 Å². The first-order valence-electron chi connectivity index (χ1n) is 7.30. The molecule has 0 aliphatic heterocycles. The molecule has 3 aromatic rings. The van der Waals surface area contributed by atoms with Gasteiger partial charge >= 0.3 is 0 Å². The number of sulfonamides is 1. The van der Waals surface area contributed by atoms with E-state index in [4.69, 9.17) is 5.14 Å². The number of anilines is 1. The molecule has 0 unspecified atom stereocenters. The molecule has 0 spiro atoms. The van der Waals surface area contributed by atoms with Crippen molar-refractivity contribution in [1.82, 2.24) is 0 Å². The number of hydrogen-bond donors (Lipinski definition) is 2. The Labute approximate surface area is 140 Å². The lowest BCUT2D eigenvalue weighted by Crippen LogP contribution is -2.15. The number of benzene rings is 3. The summed E-state index contributed by atoms with van der Waals surface area (Å²) in [6.07, 6.45) is 0. The highest BCUT2D eigenvalue weighted by molar-refractivity contribution is 7.88. The van der Waals surface area contributed by atoms with Crippen molar-refractivity contribution in [3.05, 3.63) is 77.9 Å². The van der Waals surface area contributed by atoms with Crippen molar-refractivity contribution in [1.29, 1.82) is 0 Å². The van der Waals surface area contributed by atoms with Gasteiger partial charge in [-0.25, -0.2) is 13.6 Å². The van der Waals surface area contributed by atoms with Crippen molar-refractivity contribution in [2.75, 3.05) is 5.32 Å². The van der Waals surface area contributed by atoms with E-state index in [1.165, 1.54) is 0 Å². The molecule has 0 bridgehead atoms. The minimum absolute atomic E-state index is 0.222. The van der Waals surface area contributed by atoms with E-state index in [0.29, 0.717) is 16.8 Å². The summed E-state index contributed by atoms with van der Waals surface area (Å²) in [5.41, 5.74) is 1.72. The summed E-state index contributed by atoms with van der Waals surface area (Å²) in [5, 5.41) is 9.87. The van der Waals surface area contributed by atoms with Crippen LogP contribution in [0, 0.1) is 0 Å². The molecule has 0 atom stereocenters. The van der Waals surface area contributed by atoms with Crippen LogP contribution in [0.4, 0.5) is 5.69 Å². The molecule has 0 saturated carbocycles. The Kier molecular flexibility index (Phi) is 4.33. The van der Waals surface area contributed by atoms with E-state index in [0.717, 1.165) is 10.8 Å². The normalized spacial score (nSPS) is 11.4. The Balaban J connectivity index is 1.76. The molecule has 1 amide bonds. The minimum Gasteiger partial charge on any atom is -0.322 e. The van der Waals surface area contributed by atoms with Gasteiger partial charge in [-0.2, -0.15) is 0 Å². The summed E-state index contributed by atoms with van der Waals surface area (Å²) in [6.45, 7) is 0. The first kappa shape index (κ1) is 16.2. The summed E-state index contributed by atoms with van der Waals surface area (Å²) in [5.74, 6) is -0.453. The van der Waals surface area contributed by atoms with Gasteiger partial charge in [0, 0.05) is 11.3 Å². The molecular weight excluding hydrogens is 324 g/mol. The molecule has 0 radical (unpaired) electrons. The van der Waals surface area contributed by atoms with Crippen LogP contribution in [0.1, 0.15) is 15.9 Å². The SMILES string of the molecule is NS(=O)(=O)Cc1ccc(NC(=O)c2ccc3ccccc3c2)cc1. The average Bonchev–Trinajstić information content (AvgIpc) is 2.55. The standard InChI is InChI=1S/C18H16N2O3S/c19-24(22,23)12-13-5-9-17(10-6-13)20-18(21)16-8-7-14-3-1-2-4-15(14)11-16/h1-11H,12H2,(H,20,21)(H2,19,22,23). The second kappa shape index (κ2) is 6.43. The molecule has 24 heavy (non-hydrogen) atoms. The lowest BCUT2D eigenvalue weighted by Gasteiger charge is -2.07. The van der Waals surface area contributed by atoms with Gasteiger partial charge in [0.1, 0.15) is 0 Å². The number of amides is 1. The van der Waals surface area contributed by atoms with Gasteiger partial charge in [0.25, 0.3) is 5.91 Å². The number of carbonyl (C=O) groups is 1. The lowest BCUT2D eigenvalue weighted by atomic mass is 10.1. The van der Waals surface area contributed by atoms with Gasteiger partial charge in [-0.1, -0.05) is 42.5 Å². The van der Waals surface area contributed by atoms with Crippen molar-refractivity contribution in [3.8, 4) is 0 Å². The first-order chi connectivity index (χ1) is 11.4. The summed E-state index contributed by atoms with van der Waals surface area (Å²) < 4.78 is 22.1. The molecule has 0 aromatic heterocycles. The molecule has 0 aliphatic rings. The molecule has 6 heteroatoms. The molecule has 0 fully saturated rings. The Hall–Kier alpha value is -2.70. The Morgan fingerprint density at radius 2 is 1.58 bits per heavy atom. The number of nitrogens with two attached hydrogens (primary N) is 1. The van der Waals surface area contributed by atoms with Gasteiger partial charge in [-0.3, -0.25) is 4.79 Å². The maximum Gasteiger partial charge on any atom is 0.255 e. The topological polar surface area (TPSA) is 89.3 Å². The fourth-order valence-corrected chi connectivity index (χ4v) is 3.11. The van der Waals surface area contributed by atoms with Crippen LogP contribution in [-0.4, -0.2) is 14.3 Å². The number of primary sulfonamides is 1. The zero-order chi connectivity index (χ0) is 17.2. The summed E-state index contributed by atoms with van der Waals surface area (Å²) in [6, 6.07) is 19.9. The van der Waals surface area contributed by atoms with Gasteiger partial charge in [0.15, 0.2) is 0 Å². The van der Waals surface area contributed by atoms with E-state index in [1.807, 2.05) is 36.4 Å². The predicted molar refractivity (Wildman–Crippen MR) is 95.2 cm³/mol. The quantitative estimate of drug-likeness (QED) is 0.765. The van der Waals surface area contributed by atoms with Crippen molar-refractivity contribution < 1.29 is 13.2 Å². The maximum atomic E-state index is 12.3. The molecule has 3 N–H and O–H groups in total. The van der Waals surface area contributed by atoms with Crippen LogP contribution in [0.3, 0.4) is 0 Å². The number of nitrogens with one attached hydrogen (secondary N) is 1. The maximum absolute atomic E-state index is 12.3. The van der Waals surface area contributed by atoms with E-state index in [1.54, 1.807) is 30.3 Å². The van der Waals surface area contributed by atoms with Crippen LogP contribution < -0.4 is 10.5 Å². The number of hydrogen-bond acceptors (Lipinski definition) is 3. The molecule has 5 nitrogen and oxygen atoms in total. The van der Waals surface area contributed by atoms with Crippen LogP contribution in [-0.2, 0) is 15.8 Å². The molecule has 0 heterocycles. The summed E-state index contributed by atoms with van der Waals surface area (Å²) in [4.78, 5) is 12.3. The predicted octanol–water partition coefficient (Wildman–Crippen LogP) is 2.88. The molecule has 122 valence electrons. The molecule has 3 rings (SSSR count). The molecule has 0 aliphatic carbocycles. The number of carbonyl (C=O) groups excluding carboxylic acids is 1. The third-order valence-corrected chi connectivity index (χ3v) is 4.33. The second-order valence-corrected chi connectivity index (χ2v) is 7.13. The van der Waals surface area contributed by atoms with E-state index >= 15 is 0 Å². The van der Waals surface area contributed by atoms with Crippen molar-refractivity contribution >= 4 is 32.4 Å². The fraction of sp³-hybridized carbons (Fsp3) is 0.0556. The Morgan fingerprint density at radius 3 is 2.25 bits per heavy atom. The summed E-state index contributed by atoms with van der Waals surface area (Å²) in [7, 11) is -3.56. The zero-order valence-electron chi connectivity index (χ0n) is 12.8. The van der Waals surface area contributed by atoms with E-state index in [9.17, 15) is 13.2 Å². The third-order valence-electron chi connectivity index (χ3n) is 3.59. The third kappa shape index (κ3) is 3.98. The summed E-state index contributed by atoms with van der Waals surface area (Å²) >= 11 is 0. The van der Waals surface area contributed by atoms with Crippen molar-refractivity contribution in [2.24, 2.45) is 5.14 Å². The molecular formula is C18H16N2O3S. The van der Waals surface area contributed by atoms with Crippen molar-refractivity contribution in [2.45, 2.75) is 5.75 Å². The highest BCUT2D eigenvalue weighted by Gasteiger charge is 2.08. The highest BCUT2D eigenvalue weighted by atomic mass is 32.2. The molecule has 0 saturated heterocycles. The zero-order valence-corrected chi connectivity index (χ0v) is 13.6. The fourth-order valence-electron chi connectivity index (χ4n) is 2.45. The van der Waals surface area contributed by atoms with Crippen LogP contribution in [0.2, 0.25) is 0 Å². The number of rotatable bonds is 4. The number of fused-ring (bicyclic) bond motifs is 1. The van der Waals surface area contributed by atoms with Crippen LogP contribution in [0.15, 0.2) is 66.7 Å². The van der Waals surface area contributed by atoms with Gasteiger partial charge in [-0.15, -0.1) is 0 Å². The Morgan fingerprint density at radius 1 is 0.917 bits per heavy atom. The van der Waals surface area contributed by atoms with Gasteiger partial charge < -0.3 is 5.32 Å². The highest BCUT2D eigenvalue weighted by Crippen LogP contribution is 2.17. The average molecular weight is 340 g/mol. The van der Waals surface area contributed by atoms with Gasteiger partial charge in [0.05, 0.1) is 5.75 Å². The largest absolute Gasteiger partial charge is 0.322 e. The monoisotopic (exact) mass is 340 g/mol. The van der Waals surface area contributed by atoms with E-state index < -0.39 is 10.0 Å². The molecule has 3 aromatic carbocycles. The second-order valence-electron chi connectivity index (χ2n) is 5.52. The van der Waals surface area contributed by atoms with Crippen molar-refractivity contribution in [3.63, 3.8) is 0 Å². The van der Waals surface area contributed by atoms with E-state index in [-0.39, 0.29) is 11.7 Å². The first-order valence-corrected chi connectivity index (χ1v) is 9.02. The van der Waals surface area contributed by atoms with Crippen LogP contribution in [0.25, 0.3) is 10.8 Å². The van der Waals surface area contributed by atoms with Crippen LogP contribution >= 0.6 is 0 Å². The lowest BCUT2D eigenvalue weighted by molar-refractivity contribution is 0.102. The minimum atomic E-state index is -3.56.